The van der Waals surface area contributed by atoms with E-state index in [1.165, 1.54) is 12.1 Å². The Labute approximate surface area is 104 Å². The topological polar surface area (TPSA) is 66.6 Å². The third-order valence-corrected chi connectivity index (χ3v) is 2.55. The summed E-state index contributed by atoms with van der Waals surface area (Å²) in [5.74, 6) is -1.52. The van der Waals surface area contributed by atoms with E-state index in [2.05, 4.69) is 0 Å². The predicted molar refractivity (Wildman–Crippen MR) is 63.4 cm³/mol. The van der Waals surface area contributed by atoms with Crippen molar-refractivity contribution in [1.29, 1.82) is 0 Å². The summed E-state index contributed by atoms with van der Waals surface area (Å²) in [7, 11) is 1.74. The van der Waals surface area contributed by atoms with Crippen molar-refractivity contribution in [3.05, 3.63) is 34.6 Å². The van der Waals surface area contributed by atoms with Gasteiger partial charge in [-0.3, -0.25) is 9.69 Å². The molecule has 0 amide bonds. The van der Waals surface area contributed by atoms with Crippen LogP contribution in [0.2, 0.25) is 5.02 Å². The van der Waals surface area contributed by atoms with E-state index in [-0.39, 0.29) is 11.6 Å². The second-order valence-electron chi connectivity index (χ2n) is 3.89. The molecule has 0 saturated heterocycles. The molecular weight excluding hydrogens is 247 g/mol. The monoisotopic (exact) mass is 260 g/mol. The van der Waals surface area contributed by atoms with Crippen molar-refractivity contribution in [2.75, 3.05) is 13.6 Å². The molecule has 94 valence electrons. The largest absolute Gasteiger partial charge is 0.480 e. The Kier molecular flexibility index (Phi) is 4.86. The van der Waals surface area contributed by atoms with E-state index in [9.17, 15) is 9.18 Å². The number of hydrogen-bond donors (Lipinski definition) is 2. The zero-order valence-electron chi connectivity index (χ0n) is 9.36. The van der Waals surface area contributed by atoms with Gasteiger partial charge in [-0.25, -0.2) is 4.39 Å². The van der Waals surface area contributed by atoms with Crippen molar-refractivity contribution >= 4 is 17.6 Å². The zero-order valence-corrected chi connectivity index (χ0v) is 10.1. The summed E-state index contributed by atoms with van der Waals surface area (Å²) in [5, 5.41) is 8.71. The van der Waals surface area contributed by atoms with Gasteiger partial charge in [-0.2, -0.15) is 0 Å². The smallest absolute Gasteiger partial charge is 0.321 e. The van der Waals surface area contributed by atoms with Crippen LogP contribution in [0, 0.1) is 5.82 Å². The number of halogens is 2. The third-order valence-electron chi connectivity index (χ3n) is 2.26. The van der Waals surface area contributed by atoms with Crippen molar-refractivity contribution in [2.45, 2.75) is 12.6 Å². The van der Waals surface area contributed by atoms with Gasteiger partial charge in [0.2, 0.25) is 0 Å². The van der Waals surface area contributed by atoms with Crippen molar-refractivity contribution in [3.63, 3.8) is 0 Å². The Morgan fingerprint density at radius 3 is 2.82 bits per heavy atom. The Bertz CT molecular complexity index is 414. The molecule has 0 spiro atoms. The number of rotatable bonds is 5. The summed E-state index contributed by atoms with van der Waals surface area (Å²) in [6.45, 7) is 0.672. The summed E-state index contributed by atoms with van der Waals surface area (Å²) in [5.41, 5.74) is 6.20. The molecule has 1 rings (SSSR count). The second kappa shape index (κ2) is 5.95. The number of carboxylic acid groups (broad SMARTS) is 1. The van der Waals surface area contributed by atoms with E-state index < -0.39 is 17.8 Å². The molecule has 0 saturated carbocycles. The number of carbonyl (C=O) groups is 1. The minimum absolute atomic E-state index is 0.0541. The summed E-state index contributed by atoms with van der Waals surface area (Å²) in [6.07, 6.45) is 0. The van der Waals surface area contributed by atoms with Crippen molar-refractivity contribution in [3.8, 4) is 0 Å². The molecule has 1 aromatic rings. The second-order valence-corrected chi connectivity index (χ2v) is 4.30. The maximum atomic E-state index is 12.9. The van der Waals surface area contributed by atoms with Crippen LogP contribution < -0.4 is 5.73 Å². The molecule has 0 aliphatic rings. The summed E-state index contributed by atoms with van der Waals surface area (Å²) >= 11 is 5.64. The van der Waals surface area contributed by atoms with Crippen LogP contribution in [-0.4, -0.2) is 35.6 Å². The van der Waals surface area contributed by atoms with Gasteiger partial charge in [0, 0.05) is 13.1 Å². The van der Waals surface area contributed by atoms with E-state index in [1.807, 2.05) is 0 Å². The highest BCUT2D eigenvalue weighted by Crippen LogP contribution is 2.16. The molecule has 0 aliphatic heterocycles. The van der Waals surface area contributed by atoms with Crippen LogP contribution in [-0.2, 0) is 11.3 Å². The SMILES string of the molecule is CN(Cc1ccc(F)c(Cl)c1)CC(N)C(=O)O. The van der Waals surface area contributed by atoms with Gasteiger partial charge >= 0.3 is 5.97 Å². The highest BCUT2D eigenvalue weighted by Gasteiger charge is 2.14. The molecule has 4 nitrogen and oxygen atoms in total. The number of aliphatic carboxylic acids is 1. The fourth-order valence-corrected chi connectivity index (χ4v) is 1.63. The van der Waals surface area contributed by atoms with Gasteiger partial charge in [0.1, 0.15) is 11.9 Å². The average Bonchev–Trinajstić information content (AvgIpc) is 2.23. The molecule has 0 radical (unpaired) electrons. The fraction of sp³-hybridized carbons (Fsp3) is 0.364. The van der Waals surface area contributed by atoms with Crippen molar-refractivity contribution in [1.82, 2.24) is 4.90 Å². The highest BCUT2D eigenvalue weighted by atomic mass is 35.5. The van der Waals surface area contributed by atoms with E-state index in [0.29, 0.717) is 6.54 Å². The molecule has 0 heterocycles. The molecular formula is C11H14ClFN2O2. The molecule has 0 fully saturated rings. The minimum Gasteiger partial charge on any atom is -0.480 e. The van der Waals surface area contributed by atoms with Gasteiger partial charge in [0.25, 0.3) is 0 Å². The van der Waals surface area contributed by atoms with E-state index in [4.69, 9.17) is 22.4 Å². The normalized spacial score (nSPS) is 12.8. The fourth-order valence-electron chi connectivity index (χ4n) is 1.43. The van der Waals surface area contributed by atoms with Crippen LogP contribution in [0.15, 0.2) is 18.2 Å². The van der Waals surface area contributed by atoms with E-state index in [1.54, 1.807) is 18.0 Å². The van der Waals surface area contributed by atoms with Crippen LogP contribution >= 0.6 is 11.6 Å². The first-order chi connectivity index (χ1) is 7.90. The lowest BCUT2D eigenvalue weighted by Crippen LogP contribution is -2.40. The molecule has 17 heavy (non-hydrogen) atoms. The van der Waals surface area contributed by atoms with Gasteiger partial charge in [-0.1, -0.05) is 17.7 Å². The van der Waals surface area contributed by atoms with E-state index >= 15 is 0 Å². The standard InChI is InChI=1S/C11H14ClFN2O2/c1-15(6-10(14)11(16)17)5-7-2-3-9(13)8(12)4-7/h2-4,10H,5-6,14H2,1H3,(H,16,17). The minimum atomic E-state index is -1.05. The first kappa shape index (κ1) is 13.9. The maximum absolute atomic E-state index is 12.9. The Morgan fingerprint density at radius 1 is 1.65 bits per heavy atom. The third kappa shape index (κ3) is 4.30. The van der Waals surface area contributed by atoms with E-state index in [0.717, 1.165) is 5.56 Å². The molecule has 0 aromatic heterocycles. The van der Waals surface area contributed by atoms with Gasteiger partial charge < -0.3 is 10.8 Å². The van der Waals surface area contributed by atoms with Crippen LogP contribution in [0.5, 0.6) is 0 Å². The molecule has 1 unspecified atom stereocenters. The number of nitrogens with two attached hydrogens (primary N) is 1. The molecule has 1 atom stereocenters. The Hall–Kier alpha value is -1.17. The molecule has 0 aliphatic carbocycles. The molecule has 6 heteroatoms. The first-order valence-corrected chi connectivity index (χ1v) is 5.39. The number of hydrogen-bond acceptors (Lipinski definition) is 3. The van der Waals surface area contributed by atoms with Gasteiger partial charge in [0.15, 0.2) is 0 Å². The van der Waals surface area contributed by atoms with Crippen molar-refractivity contribution < 1.29 is 14.3 Å². The molecule has 0 bridgehead atoms. The van der Waals surface area contributed by atoms with Gasteiger partial charge in [-0.05, 0) is 24.7 Å². The van der Waals surface area contributed by atoms with Crippen LogP contribution in [0.25, 0.3) is 0 Å². The van der Waals surface area contributed by atoms with Crippen LogP contribution in [0.1, 0.15) is 5.56 Å². The maximum Gasteiger partial charge on any atom is 0.321 e. The van der Waals surface area contributed by atoms with Crippen LogP contribution in [0.4, 0.5) is 4.39 Å². The summed E-state index contributed by atoms with van der Waals surface area (Å²) in [4.78, 5) is 12.3. The molecule has 3 N–H and O–H groups in total. The Balaban J connectivity index is 2.58. The lowest BCUT2D eigenvalue weighted by Gasteiger charge is -2.19. The van der Waals surface area contributed by atoms with Gasteiger partial charge in [0.05, 0.1) is 5.02 Å². The molecule has 1 aromatic carbocycles. The zero-order chi connectivity index (χ0) is 13.0. The first-order valence-electron chi connectivity index (χ1n) is 5.01. The van der Waals surface area contributed by atoms with Crippen LogP contribution in [0.3, 0.4) is 0 Å². The Morgan fingerprint density at radius 2 is 2.29 bits per heavy atom. The number of nitrogens with zero attached hydrogens (tertiary/aromatic N) is 1. The predicted octanol–water partition coefficient (Wildman–Crippen LogP) is 1.32. The average molecular weight is 261 g/mol. The number of benzene rings is 1. The van der Waals surface area contributed by atoms with Gasteiger partial charge in [-0.15, -0.1) is 0 Å². The summed E-state index contributed by atoms with van der Waals surface area (Å²) < 4.78 is 12.9. The van der Waals surface area contributed by atoms with Crippen molar-refractivity contribution in [2.24, 2.45) is 5.73 Å². The quantitative estimate of drug-likeness (QED) is 0.838. The highest BCUT2D eigenvalue weighted by molar-refractivity contribution is 6.30. The lowest BCUT2D eigenvalue weighted by molar-refractivity contribution is -0.138. The number of likely N-dealkylation sites (N-methyl/N-ethyl adjacent to an activating group) is 1. The summed E-state index contributed by atoms with van der Waals surface area (Å²) in [6, 6.07) is 3.46. The lowest BCUT2D eigenvalue weighted by atomic mass is 10.2. The number of carboxylic acids is 1.